The summed E-state index contributed by atoms with van der Waals surface area (Å²) < 4.78 is 5.60. The number of amides is 1. The molecule has 168 valence electrons. The third-order valence-corrected chi connectivity index (χ3v) is 7.10. The Labute approximate surface area is 184 Å². The molecule has 0 bridgehead atoms. The molecule has 8 heteroatoms. The van der Waals surface area contributed by atoms with E-state index in [2.05, 4.69) is 38.0 Å². The second-order valence-corrected chi connectivity index (χ2v) is 9.48. The van der Waals surface area contributed by atoms with Crippen LogP contribution in [-0.4, -0.2) is 87.2 Å². The highest BCUT2D eigenvalue weighted by molar-refractivity contribution is 7.09. The normalized spacial score (nSPS) is 20.0. The number of guanidine groups is 1. The summed E-state index contributed by atoms with van der Waals surface area (Å²) in [7, 11) is 3.54. The van der Waals surface area contributed by atoms with Crippen molar-refractivity contribution < 1.29 is 9.53 Å². The van der Waals surface area contributed by atoms with Gasteiger partial charge in [-0.3, -0.25) is 9.69 Å². The Bertz CT molecular complexity index is 665. The van der Waals surface area contributed by atoms with Crippen LogP contribution in [0.2, 0.25) is 0 Å². The number of nitrogens with zero attached hydrogens (tertiary/aromatic N) is 3. The summed E-state index contributed by atoms with van der Waals surface area (Å²) in [5, 5.41) is 9.14. The van der Waals surface area contributed by atoms with Crippen molar-refractivity contribution >= 4 is 23.2 Å². The van der Waals surface area contributed by atoms with Crippen LogP contribution in [0, 0.1) is 0 Å². The van der Waals surface area contributed by atoms with E-state index in [1.807, 2.05) is 0 Å². The predicted molar refractivity (Wildman–Crippen MR) is 123 cm³/mol. The van der Waals surface area contributed by atoms with Crippen LogP contribution >= 0.6 is 11.3 Å². The van der Waals surface area contributed by atoms with Gasteiger partial charge in [0.05, 0.1) is 13.2 Å². The van der Waals surface area contributed by atoms with Crippen LogP contribution in [0.4, 0.5) is 0 Å². The molecule has 0 spiro atoms. The molecule has 0 aromatic carbocycles. The molecule has 2 heterocycles. The maximum atomic E-state index is 12.1. The van der Waals surface area contributed by atoms with E-state index >= 15 is 0 Å². The number of rotatable bonds is 8. The molecule has 1 saturated carbocycles. The van der Waals surface area contributed by atoms with E-state index < -0.39 is 0 Å². The summed E-state index contributed by atoms with van der Waals surface area (Å²) in [6.45, 7) is 5.45. The van der Waals surface area contributed by atoms with E-state index in [0.717, 1.165) is 51.8 Å². The number of nitrogens with one attached hydrogen (secondary N) is 2. The number of hydrogen-bond donors (Lipinski definition) is 2. The molecular weight excluding hydrogens is 398 g/mol. The van der Waals surface area contributed by atoms with Crippen LogP contribution in [0.5, 0.6) is 0 Å². The molecule has 2 fully saturated rings. The van der Waals surface area contributed by atoms with Gasteiger partial charge >= 0.3 is 0 Å². The summed E-state index contributed by atoms with van der Waals surface area (Å²) in [6.07, 6.45) is 7.24. The quantitative estimate of drug-likeness (QED) is 0.483. The van der Waals surface area contributed by atoms with Gasteiger partial charge in [0, 0.05) is 50.7 Å². The largest absolute Gasteiger partial charge is 0.379 e. The molecule has 2 aliphatic rings. The minimum absolute atomic E-state index is 0.00918. The number of ether oxygens (including phenoxy) is 1. The molecule has 30 heavy (non-hydrogen) atoms. The van der Waals surface area contributed by atoms with Crippen LogP contribution < -0.4 is 10.6 Å². The second kappa shape index (κ2) is 11.7. The average Bonchev–Trinajstić information content (AvgIpc) is 3.29. The van der Waals surface area contributed by atoms with Gasteiger partial charge in [0.25, 0.3) is 0 Å². The van der Waals surface area contributed by atoms with Crippen molar-refractivity contribution in [3.05, 3.63) is 22.4 Å². The number of likely N-dealkylation sites (N-methyl/N-ethyl adjacent to an activating group) is 1. The van der Waals surface area contributed by atoms with E-state index in [1.165, 1.54) is 37.0 Å². The lowest BCUT2D eigenvalue weighted by molar-refractivity contribution is -0.127. The monoisotopic (exact) mass is 435 g/mol. The lowest BCUT2D eigenvalue weighted by atomic mass is 9.80. The summed E-state index contributed by atoms with van der Waals surface area (Å²) in [6, 6.07) is 4.24. The topological polar surface area (TPSA) is 69.2 Å². The first kappa shape index (κ1) is 23.0. The molecule has 1 amide bonds. The fourth-order valence-corrected chi connectivity index (χ4v) is 5.03. The Morgan fingerprint density at radius 1 is 1.23 bits per heavy atom. The van der Waals surface area contributed by atoms with Gasteiger partial charge in [-0.15, -0.1) is 11.3 Å². The van der Waals surface area contributed by atoms with E-state index in [1.54, 1.807) is 30.3 Å². The van der Waals surface area contributed by atoms with Crippen molar-refractivity contribution in [3.8, 4) is 0 Å². The highest BCUT2D eigenvalue weighted by Crippen LogP contribution is 2.33. The third kappa shape index (κ3) is 6.68. The van der Waals surface area contributed by atoms with Gasteiger partial charge < -0.3 is 20.3 Å². The molecule has 0 radical (unpaired) electrons. The van der Waals surface area contributed by atoms with Gasteiger partial charge in [0.1, 0.15) is 6.54 Å². The molecule has 1 aromatic rings. The van der Waals surface area contributed by atoms with E-state index in [-0.39, 0.29) is 18.0 Å². The number of carbonyl (C=O) groups excluding carboxylic acids is 1. The Hall–Kier alpha value is -1.64. The molecular formula is C22H37N5O2S. The smallest absolute Gasteiger partial charge is 0.243 e. The maximum Gasteiger partial charge on any atom is 0.243 e. The van der Waals surface area contributed by atoms with Gasteiger partial charge in [-0.1, -0.05) is 25.3 Å². The highest BCUT2D eigenvalue weighted by atomic mass is 32.1. The highest BCUT2D eigenvalue weighted by Gasteiger charge is 2.38. The van der Waals surface area contributed by atoms with Gasteiger partial charge in [0.2, 0.25) is 5.91 Å². The summed E-state index contributed by atoms with van der Waals surface area (Å²) >= 11 is 1.77. The Balaban J connectivity index is 1.63. The van der Waals surface area contributed by atoms with Crippen molar-refractivity contribution in [1.29, 1.82) is 0 Å². The van der Waals surface area contributed by atoms with Crippen LogP contribution in [0.25, 0.3) is 0 Å². The summed E-state index contributed by atoms with van der Waals surface area (Å²) in [5.74, 6) is 0.745. The minimum atomic E-state index is 0.00918. The van der Waals surface area contributed by atoms with Crippen molar-refractivity contribution in [2.75, 3.05) is 60.0 Å². The zero-order chi connectivity index (χ0) is 21.2. The van der Waals surface area contributed by atoms with Crippen LogP contribution in [-0.2, 0) is 16.0 Å². The standard InChI is InChI=1S/C22H37N5O2S/c1-26(2)20(28)17-24-21(23-11-8-19-7-6-16-30-19)25-18-22(9-4-3-5-10-22)27-12-14-29-15-13-27/h6-7,16H,3-5,8-15,17-18H2,1-2H3,(H2,23,24,25). The molecule has 7 nitrogen and oxygen atoms in total. The first-order chi connectivity index (χ1) is 14.6. The lowest BCUT2D eigenvalue weighted by Gasteiger charge is -2.48. The molecule has 0 atom stereocenters. The number of morpholine rings is 1. The fraction of sp³-hybridized carbons (Fsp3) is 0.727. The molecule has 1 aliphatic heterocycles. The number of aliphatic imine (C=N–C) groups is 1. The average molecular weight is 436 g/mol. The van der Waals surface area contributed by atoms with Crippen LogP contribution in [0.3, 0.4) is 0 Å². The molecule has 2 N–H and O–H groups in total. The molecule has 1 aromatic heterocycles. The first-order valence-corrected chi connectivity index (χ1v) is 12.0. The first-order valence-electron chi connectivity index (χ1n) is 11.2. The van der Waals surface area contributed by atoms with Gasteiger partial charge in [-0.2, -0.15) is 0 Å². The zero-order valence-electron chi connectivity index (χ0n) is 18.5. The summed E-state index contributed by atoms with van der Waals surface area (Å²) in [5.41, 5.74) is 0.157. The third-order valence-electron chi connectivity index (χ3n) is 6.17. The van der Waals surface area contributed by atoms with Crippen molar-refractivity contribution in [1.82, 2.24) is 20.4 Å². The molecule has 3 rings (SSSR count). The predicted octanol–water partition coefficient (Wildman–Crippen LogP) is 1.95. The Morgan fingerprint density at radius 2 is 2.00 bits per heavy atom. The summed E-state index contributed by atoms with van der Waals surface area (Å²) in [4.78, 5) is 22.2. The van der Waals surface area contributed by atoms with Crippen LogP contribution in [0.15, 0.2) is 22.5 Å². The van der Waals surface area contributed by atoms with E-state index in [0.29, 0.717) is 0 Å². The van der Waals surface area contributed by atoms with Crippen molar-refractivity contribution in [2.24, 2.45) is 4.99 Å². The van der Waals surface area contributed by atoms with Gasteiger partial charge in [-0.05, 0) is 30.7 Å². The van der Waals surface area contributed by atoms with Crippen molar-refractivity contribution in [3.63, 3.8) is 0 Å². The van der Waals surface area contributed by atoms with E-state index in [9.17, 15) is 4.79 Å². The zero-order valence-corrected chi connectivity index (χ0v) is 19.3. The lowest BCUT2D eigenvalue weighted by Crippen LogP contribution is -2.60. The molecule has 1 aliphatic carbocycles. The molecule has 1 saturated heterocycles. The molecule has 0 unspecified atom stereocenters. The second-order valence-electron chi connectivity index (χ2n) is 8.45. The van der Waals surface area contributed by atoms with Crippen molar-refractivity contribution in [2.45, 2.75) is 44.1 Å². The number of thiophene rings is 1. The maximum absolute atomic E-state index is 12.1. The SMILES string of the molecule is CN(C)C(=O)CN=C(NCCc1cccs1)NCC1(N2CCOCC2)CCCCC1. The van der Waals surface area contributed by atoms with Gasteiger partial charge in [-0.25, -0.2) is 4.99 Å². The Morgan fingerprint density at radius 3 is 2.67 bits per heavy atom. The fourth-order valence-electron chi connectivity index (χ4n) is 4.32. The minimum Gasteiger partial charge on any atom is -0.379 e. The van der Waals surface area contributed by atoms with Crippen LogP contribution in [0.1, 0.15) is 37.0 Å². The van der Waals surface area contributed by atoms with E-state index in [4.69, 9.17) is 4.74 Å². The number of hydrogen-bond acceptors (Lipinski definition) is 5. The van der Waals surface area contributed by atoms with Gasteiger partial charge in [0.15, 0.2) is 5.96 Å². The Kier molecular flexibility index (Phi) is 8.96. The number of carbonyl (C=O) groups is 1.